The fourth-order valence-corrected chi connectivity index (χ4v) is 3.07. The number of imidazole rings is 1. The number of aromatic nitrogens is 2. The molecule has 0 aliphatic heterocycles. The lowest BCUT2D eigenvalue weighted by atomic mass is 10.3. The van der Waals surface area contributed by atoms with E-state index in [9.17, 15) is 9.59 Å². The summed E-state index contributed by atoms with van der Waals surface area (Å²) in [5, 5.41) is 0. The number of ether oxygens (including phenoxy) is 2. The molecule has 0 fully saturated rings. The molecule has 7 nitrogen and oxygen atoms in total. The van der Waals surface area contributed by atoms with Gasteiger partial charge >= 0.3 is 5.97 Å². The van der Waals surface area contributed by atoms with Crippen molar-refractivity contribution in [3.63, 3.8) is 0 Å². The highest BCUT2D eigenvalue weighted by Crippen LogP contribution is 2.19. The van der Waals surface area contributed by atoms with Crippen molar-refractivity contribution in [2.24, 2.45) is 0 Å². The highest BCUT2D eigenvalue weighted by atomic mass is 16.5. The Morgan fingerprint density at radius 3 is 2.45 bits per heavy atom. The minimum Gasteiger partial charge on any atom is -0.486 e. The monoisotopic (exact) mass is 395 g/mol. The van der Waals surface area contributed by atoms with E-state index in [1.165, 1.54) is 12.0 Å². The Morgan fingerprint density at radius 2 is 1.76 bits per heavy atom. The molecular formula is C22H25N3O4. The maximum Gasteiger partial charge on any atom is 0.325 e. The Morgan fingerprint density at radius 1 is 1.07 bits per heavy atom. The number of amides is 1. The van der Waals surface area contributed by atoms with Crippen molar-refractivity contribution < 1.29 is 19.1 Å². The van der Waals surface area contributed by atoms with Gasteiger partial charge in [0.1, 0.15) is 31.3 Å². The van der Waals surface area contributed by atoms with Gasteiger partial charge in [-0.25, -0.2) is 4.98 Å². The van der Waals surface area contributed by atoms with Crippen LogP contribution in [-0.4, -0.2) is 46.0 Å². The van der Waals surface area contributed by atoms with Crippen LogP contribution in [0.3, 0.4) is 0 Å². The zero-order valence-electron chi connectivity index (χ0n) is 16.9. The molecule has 0 unspecified atom stereocenters. The van der Waals surface area contributed by atoms with E-state index in [2.05, 4.69) is 4.98 Å². The molecule has 0 saturated carbocycles. The average Bonchev–Trinajstić information content (AvgIpc) is 3.08. The number of benzene rings is 2. The van der Waals surface area contributed by atoms with Gasteiger partial charge in [-0.1, -0.05) is 30.3 Å². The minimum atomic E-state index is -0.449. The molecule has 2 aromatic carbocycles. The van der Waals surface area contributed by atoms with Gasteiger partial charge in [0.05, 0.1) is 18.1 Å². The first-order valence-corrected chi connectivity index (χ1v) is 9.48. The number of para-hydroxylation sites is 3. The second kappa shape index (κ2) is 9.23. The van der Waals surface area contributed by atoms with Gasteiger partial charge in [0.2, 0.25) is 5.91 Å². The van der Waals surface area contributed by atoms with E-state index in [0.717, 1.165) is 16.8 Å². The van der Waals surface area contributed by atoms with Crippen LogP contribution in [0.4, 0.5) is 0 Å². The van der Waals surface area contributed by atoms with Gasteiger partial charge in [-0.3, -0.25) is 9.59 Å². The van der Waals surface area contributed by atoms with Gasteiger partial charge in [0, 0.05) is 6.04 Å². The van der Waals surface area contributed by atoms with Crippen LogP contribution in [0.15, 0.2) is 54.6 Å². The van der Waals surface area contributed by atoms with Crippen molar-refractivity contribution in [1.29, 1.82) is 0 Å². The van der Waals surface area contributed by atoms with E-state index in [-0.39, 0.29) is 31.6 Å². The van der Waals surface area contributed by atoms with Crippen LogP contribution in [0.5, 0.6) is 5.75 Å². The first-order chi connectivity index (χ1) is 14.0. The van der Waals surface area contributed by atoms with Gasteiger partial charge in [-0.05, 0) is 38.1 Å². The van der Waals surface area contributed by atoms with Gasteiger partial charge in [-0.2, -0.15) is 0 Å². The third-order valence-corrected chi connectivity index (χ3v) is 4.61. The zero-order chi connectivity index (χ0) is 20.8. The molecule has 3 rings (SSSR count). The van der Waals surface area contributed by atoms with Crippen LogP contribution in [0.2, 0.25) is 0 Å². The second-order valence-corrected chi connectivity index (χ2v) is 6.90. The molecular weight excluding hydrogens is 370 g/mol. The van der Waals surface area contributed by atoms with Crippen molar-refractivity contribution in [2.45, 2.75) is 33.0 Å². The lowest BCUT2D eigenvalue weighted by Gasteiger charge is -2.26. The van der Waals surface area contributed by atoms with Crippen LogP contribution in [0.1, 0.15) is 19.7 Å². The van der Waals surface area contributed by atoms with Crippen LogP contribution in [0, 0.1) is 0 Å². The topological polar surface area (TPSA) is 73.7 Å². The quantitative estimate of drug-likeness (QED) is 0.548. The van der Waals surface area contributed by atoms with Crippen LogP contribution < -0.4 is 4.74 Å². The maximum absolute atomic E-state index is 13.0. The van der Waals surface area contributed by atoms with E-state index in [1.54, 1.807) is 0 Å². The molecule has 152 valence electrons. The molecule has 0 bridgehead atoms. The predicted octanol–water partition coefficient (Wildman–Crippen LogP) is 3.03. The maximum atomic E-state index is 13.0. The molecule has 0 aliphatic rings. The molecule has 29 heavy (non-hydrogen) atoms. The summed E-state index contributed by atoms with van der Waals surface area (Å²) >= 11 is 0. The van der Waals surface area contributed by atoms with Crippen molar-refractivity contribution in [3.8, 4) is 5.75 Å². The summed E-state index contributed by atoms with van der Waals surface area (Å²) in [4.78, 5) is 30.9. The van der Waals surface area contributed by atoms with E-state index < -0.39 is 5.97 Å². The van der Waals surface area contributed by atoms with Crippen LogP contribution in [0.25, 0.3) is 11.0 Å². The SMILES string of the molecule is COC(=O)CN(C(=O)Cn1c(COc2ccccc2)nc2ccccc21)C(C)C. The summed E-state index contributed by atoms with van der Waals surface area (Å²) in [6, 6.07) is 16.9. The Labute approximate surface area is 169 Å². The van der Waals surface area contributed by atoms with Gasteiger partial charge < -0.3 is 18.9 Å². The average molecular weight is 395 g/mol. The lowest BCUT2D eigenvalue weighted by molar-refractivity contribution is -0.148. The largest absolute Gasteiger partial charge is 0.486 e. The van der Waals surface area contributed by atoms with Gasteiger partial charge in [0.25, 0.3) is 0 Å². The van der Waals surface area contributed by atoms with Crippen molar-refractivity contribution in [1.82, 2.24) is 14.5 Å². The third-order valence-electron chi connectivity index (χ3n) is 4.61. The number of fused-ring (bicyclic) bond motifs is 1. The predicted molar refractivity (Wildman–Crippen MR) is 109 cm³/mol. The van der Waals surface area contributed by atoms with Crippen molar-refractivity contribution >= 4 is 22.9 Å². The Balaban J connectivity index is 1.86. The number of hydrogen-bond acceptors (Lipinski definition) is 5. The summed E-state index contributed by atoms with van der Waals surface area (Å²) < 4.78 is 12.4. The number of nitrogens with zero attached hydrogens (tertiary/aromatic N) is 3. The molecule has 0 saturated heterocycles. The highest BCUT2D eigenvalue weighted by molar-refractivity contribution is 5.84. The van der Waals surface area contributed by atoms with E-state index in [0.29, 0.717) is 5.82 Å². The fourth-order valence-electron chi connectivity index (χ4n) is 3.07. The van der Waals surface area contributed by atoms with E-state index in [4.69, 9.17) is 9.47 Å². The van der Waals surface area contributed by atoms with Crippen molar-refractivity contribution in [3.05, 3.63) is 60.4 Å². The number of hydrogen-bond donors (Lipinski definition) is 0. The molecule has 0 spiro atoms. The lowest BCUT2D eigenvalue weighted by Crippen LogP contribution is -2.42. The Hall–Kier alpha value is -3.35. The van der Waals surface area contributed by atoms with Gasteiger partial charge in [0.15, 0.2) is 0 Å². The molecule has 0 atom stereocenters. The van der Waals surface area contributed by atoms with Crippen LogP contribution in [-0.2, 0) is 27.5 Å². The highest BCUT2D eigenvalue weighted by Gasteiger charge is 2.23. The zero-order valence-corrected chi connectivity index (χ0v) is 16.9. The Bertz CT molecular complexity index is 982. The van der Waals surface area contributed by atoms with Crippen molar-refractivity contribution in [2.75, 3.05) is 13.7 Å². The second-order valence-electron chi connectivity index (χ2n) is 6.90. The van der Waals surface area contributed by atoms with E-state index in [1.807, 2.05) is 73.0 Å². The number of methoxy groups -OCH3 is 1. The molecule has 0 radical (unpaired) electrons. The molecule has 0 aliphatic carbocycles. The first-order valence-electron chi connectivity index (χ1n) is 9.48. The normalized spacial score (nSPS) is 10.9. The minimum absolute atomic E-state index is 0.0587. The number of carbonyl (C=O) groups excluding carboxylic acids is 2. The number of carbonyl (C=O) groups is 2. The Kier molecular flexibility index (Phi) is 6.49. The number of esters is 1. The molecule has 7 heteroatoms. The van der Waals surface area contributed by atoms with Crippen LogP contribution >= 0.6 is 0 Å². The molecule has 1 heterocycles. The fraction of sp³-hybridized carbons (Fsp3) is 0.318. The van der Waals surface area contributed by atoms with E-state index >= 15 is 0 Å². The first kappa shape index (κ1) is 20.4. The smallest absolute Gasteiger partial charge is 0.325 e. The summed E-state index contributed by atoms with van der Waals surface area (Å²) in [6.07, 6.45) is 0. The molecule has 3 aromatic rings. The third kappa shape index (κ3) is 4.93. The summed E-state index contributed by atoms with van der Waals surface area (Å²) in [7, 11) is 1.31. The summed E-state index contributed by atoms with van der Waals surface area (Å²) in [6.45, 7) is 3.93. The standard InChI is InChI=1S/C22H25N3O4/c1-16(2)24(14-22(27)28-3)21(26)13-25-19-12-8-7-11-18(19)23-20(25)15-29-17-9-5-4-6-10-17/h4-12,16H,13-15H2,1-3H3. The number of rotatable bonds is 8. The summed E-state index contributed by atoms with van der Waals surface area (Å²) in [5.74, 6) is 0.738. The molecule has 0 N–H and O–H groups in total. The molecule has 1 amide bonds. The molecule has 1 aromatic heterocycles. The summed E-state index contributed by atoms with van der Waals surface area (Å²) in [5.41, 5.74) is 1.63. The van der Waals surface area contributed by atoms with Gasteiger partial charge in [-0.15, -0.1) is 0 Å².